The Bertz CT molecular complexity index is 243. The predicted octanol–water partition coefficient (Wildman–Crippen LogP) is 2.03. The van der Waals surface area contributed by atoms with E-state index in [1.165, 1.54) is 0 Å². The molecule has 0 aromatic heterocycles. The highest BCUT2D eigenvalue weighted by molar-refractivity contribution is 6.20. The maximum Gasteiger partial charge on any atom is 0.251 e. The van der Waals surface area contributed by atoms with E-state index in [-0.39, 0.29) is 17.4 Å². The third-order valence-electron chi connectivity index (χ3n) is 3.71. The van der Waals surface area contributed by atoms with Crippen LogP contribution in [0.4, 0.5) is 0 Å². The lowest BCUT2D eigenvalue weighted by Gasteiger charge is -2.34. The molecule has 2 saturated heterocycles. The number of hydrogen-bond acceptors (Lipinski definition) is 2. The smallest absolute Gasteiger partial charge is 0.251 e. The highest BCUT2D eigenvalue weighted by Crippen LogP contribution is 2.25. The van der Waals surface area contributed by atoms with Gasteiger partial charge in [0.2, 0.25) is 0 Å². The van der Waals surface area contributed by atoms with Crippen molar-refractivity contribution in [3.8, 4) is 0 Å². The fraction of sp³-hybridized carbons (Fsp3) is 0.917. The Hall–Kier alpha value is -0.280. The molecule has 2 aliphatic heterocycles. The Kier molecular flexibility index (Phi) is 4.09. The van der Waals surface area contributed by atoms with Crippen LogP contribution in [-0.2, 0) is 9.53 Å². The topological polar surface area (TPSA) is 29.5 Å². The average Bonchev–Trinajstić information content (AvgIpc) is 2.81. The number of hydrogen-bond donors (Lipinski definition) is 0. The summed E-state index contributed by atoms with van der Waals surface area (Å²) in [5.41, 5.74) is 0. The molecule has 1 amide bonds. The van der Waals surface area contributed by atoms with E-state index < -0.39 is 0 Å². The van der Waals surface area contributed by atoms with Crippen molar-refractivity contribution in [2.45, 2.75) is 44.1 Å². The summed E-state index contributed by atoms with van der Waals surface area (Å²) in [7, 11) is 0. The third-order valence-corrected chi connectivity index (χ3v) is 4.06. The second kappa shape index (κ2) is 5.37. The highest BCUT2D eigenvalue weighted by atomic mass is 35.5. The maximum absolute atomic E-state index is 12.0. The molecule has 2 aliphatic rings. The van der Waals surface area contributed by atoms with Gasteiger partial charge in [0.1, 0.15) is 6.10 Å². The van der Waals surface area contributed by atoms with Crippen LogP contribution in [0.3, 0.4) is 0 Å². The molecular formula is C12H20ClNO2. The van der Waals surface area contributed by atoms with Gasteiger partial charge in [-0.15, -0.1) is 11.6 Å². The quantitative estimate of drug-likeness (QED) is 0.697. The minimum atomic E-state index is -0.162. The molecular weight excluding hydrogens is 226 g/mol. The minimum absolute atomic E-state index is 0.162. The van der Waals surface area contributed by atoms with Gasteiger partial charge in [0.15, 0.2) is 0 Å². The Morgan fingerprint density at radius 3 is 2.56 bits per heavy atom. The van der Waals surface area contributed by atoms with E-state index in [9.17, 15) is 4.79 Å². The molecule has 2 fully saturated rings. The van der Waals surface area contributed by atoms with Crippen molar-refractivity contribution in [3.63, 3.8) is 0 Å². The summed E-state index contributed by atoms with van der Waals surface area (Å²) in [4.78, 5) is 14.0. The van der Waals surface area contributed by atoms with Gasteiger partial charge in [0.25, 0.3) is 5.91 Å². The van der Waals surface area contributed by atoms with E-state index in [0.29, 0.717) is 5.92 Å². The van der Waals surface area contributed by atoms with Gasteiger partial charge in [-0.2, -0.15) is 0 Å². The molecule has 2 rings (SSSR count). The zero-order valence-electron chi connectivity index (χ0n) is 9.82. The first-order chi connectivity index (χ1) is 7.68. The van der Waals surface area contributed by atoms with Gasteiger partial charge >= 0.3 is 0 Å². The lowest BCUT2D eigenvalue weighted by atomic mass is 9.93. The molecule has 3 nitrogen and oxygen atoms in total. The molecule has 0 spiro atoms. The van der Waals surface area contributed by atoms with Crippen molar-refractivity contribution >= 4 is 17.5 Å². The summed E-state index contributed by atoms with van der Waals surface area (Å²) < 4.78 is 5.42. The molecule has 0 bridgehead atoms. The zero-order valence-corrected chi connectivity index (χ0v) is 10.6. The molecule has 16 heavy (non-hydrogen) atoms. The van der Waals surface area contributed by atoms with Crippen molar-refractivity contribution in [2.75, 3.05) is 19.7 Å². The van der Waals surface area contributed by atoms with E-state index >= 15 is 0 Å². The molecule has 92 valence electrons. The van der Waals surface area contributed by atoms with Crippen LogP contribution in [0.25, 0.3) is 0 Å². The number of alkyl halides is 1. The van der Waals surface area contributed by atoms with Crippen LogP contribution in [-0.4, -0.2) is 42.0 Å². The van der Waals surface area contributed by atoms with Crippen molar-refractivity contribution in [1.82, 2.24) is 4.90 Å². The molecule has 0 N–H and O–H groups in total. The molecule has 0 aromatic rings. The summed E-state index contributed by atoms with van der Waals surface area (Å²) in [6.45, 7) is 4.48. The number of rotatable bonds is 2. The van der Waals surface area contributed by atoms with Crippen molar-refractivity contribution in [1.29, 1.82) is 0 Å². The molecule has 4 heteroatoms. The number of carbonyl (C=O) groups excluding carboxylic acids is 1. The fourth-order valence-corrected chi connectivity index (χ4v) is 2.81. The second-order valence-electron chi connectivity index (χ2n) is 4.84. The van der Waals surface area contributed by atoms with Gasteiger partial charge in [-0.1, -0.05) is 0 Å². The minimum Gasteiger partial charge on any atom is -0.368 e. The number of piperidine rings is 1. The fourth-order valence-electron chi connectivity index (χ4n) is 2.56. The van der Waals surface area contributed by atoms with Crippen LogP contribution >= 0.6 is 11.6 Å². The molecule has 0 saturated carbocycles. The zero-order chi connectivity index (χ0) is 11.5. The highest BCUT2D eigenvalue weighted by Gasteiger charge is 2.31. The van der Waals surface area contributed by atoms with Crippen molar-refractivity contribution < 1.29 is 9.53 Å². The summed E-state index contributed by atoms with van der Waals surface area (Å²) >= 11 is 6.08. The second-order valence-corrected chi connectivity index (χ2v) is 5.53. The summed E-state index contributed by atoms with van der Waals surface area (Å²) in [6, 6.07) is 0. The summed E-state index contributed by atoms with van der Waals surface area (Å²) in [5, 5.41) is 0.222. The third kappa shape index (κ3) is 2.69. The van der Waals surface area contributed by atoms with Crippen LogP contribution in [0.5, 0.6) is 0 Å². The van der Waals surface area contributed by atoms with E-state index in [4.69, 9.17) is 16.3 Å². The average molecular weight is 246 g/mol. The SMILES string of the molecule is CC(Cl)C1CCN(C(=O)C2CCCO2)CC1. The maximum atomic E-state index is 12.0. The van der Waals surface area contributed by atoms with Crippen LogP contribution in [0.15, 0.2) is 0 Å². The number of likely N-dealkylation sites (tertiary alicyclic amines) is 1. The monoisotopic (exact) mass is 245 g/mol. The van der Waals surface area contributed by atoms with E-state index in [1.54, 1.807) is 0 Å². The van der Waals surface area contributed by atoms with Crippen molar-refractivity contribution in [2.24, 2.45) is 5.92 Å². The van der Waals surface area contributed by atoms with Crippen LogP contribution in [0.1, 0.15) is 32.6 Å². The molecule has 2 atom stereocenters. The Morgan fingerprint density at radius 2 is 2.06 bits per heavy atom. The molecule has 2 unspecified atom stereocenters. The van der Waals surface area contributed by atoms with Gasteiger partial charge in [-0.25, -0.2) is 0 Å². The van der Waals surface area contributed by atoms with Crippen molar-refractivity contribution in [3.05, 3.63) is 0 Å². The largest absolute Gasteiger partial charge is 0.368 e. The van der Waals surface area contributed by atoms with E-state index in [1.807, 2.05) is 11.8 Å². The predicted molar refractivity (Wildman–Crippen MR) is 63.6 cm³/mol. The summed E-state index contributed by atoms with van der Waals surface area (Å²) in [5.74, 6) is 0.758. The van der Waals surface area contributed by atoms with Gasteiger partial charge in [0.05, 0.1) is 0 Å². The first-order valence-electron chi connectivity index (χ1n) is 6.23. The number of nitrogens with zero attached hydrogens (tertiary/aromatic N) is 1. The lowest BCUT2D eigenvalue weighted by Crippen LogP contribution is -2.44. The molecule has 2 heterocycles. The number of carbonyl (C=O) groups is 1. The Morgan fingerprint density at radius 1 is 1.38 bits per heavy atom. The standard InChI is InChI=1S/C12H20ClNO2/c1-9(13)10-4-6-14(7-5-10)12(15)11-3-2-8-16-11/h9-11H,2-8H2,1H3. The lowest BCUT2D eigenvalue weighted by molar-refractivity contribution is -0.142. The molecule has 0 radical (unpaired) electrons. The van der Waals surface area contributed by atoms with Gasteiger partial charge in [-0.05, 0) is 38.5 Å². The van der Waals surface area contributed by atoms with Crippen LogP contribution < -0.4 is 0 Å². The van der Waals surface area contributed by atoms with Crippen LogP contribution in [0, 0.1) is 5.92 Å². The van der Waals surface area contributed by atoms with Gasteiger partial charge < -0.3 is 9.64 Å². The molecule has 0 aliphatic carbocycles. The number of halogens is 1. The van der Waals surface area contributed by atoms with Crippen LogP contribution in [0.2, 0.25) is 0 Å². The normalized spacial score (nSPS) is 29.4. The number of amides is 1. The Balaban J connectivity index is 1.81. The molecule has 0 aromatic carbocycles. The summed E-state index contributed by atoms with van der Waals surface area (Å²) in [6.07, 6.45) is 3.81. The first kappa shape index (κ1) is 12.2. The van der Waals surface area contributed by atoms with Gasteiger partial charge in [0, 0.05) is 25.1 Å². The van der Waals surface area contributed by atoms with Gasteiger partial charge in [-0.3, -0.25) is 4.79 Å². The Labute approximate surface area is 102 Å². The van der Waals surface area contributed by atoms with E-state index in [2.05, 4.69) is 0 Å². The van der Waals surface area contributed by atoms with E-state index in [0.717, 1.165) is 45.4 Å². The number of ether oxygens (including phenoxy) is 1. The first-order valence-corrected chi connectivity index (χ1v) is 6.66.